The van der Waals surface area contributed by atoms with Crippen LogP contribution in [0.5, 0.6) is 0 Å². The van der Waals surface area contributed by atoms with Gasteiger partial charge in [-0.1, -0.05) is 92.8 Å². The van der Waals surface area contributed by atoms with Gasteiger partial charge in [0.1, 0.15) is 139 Å². The van der Waals surface area contributed by atoms with Crippen molar-refractivity contribution in [3.05, 3.63) is 25.3 Å². The van der Waals surface area contributed by atoms with Gasteiger partial charge in [-0.05, 0) is 19.3 Å². The molecule has 0 saturated carbocycles. The summed E-state index contributed by atoms with van der Waals surface area (Å²) >= 11 is 8.38. The number of quaternary nitrogens is 1. The number of aliphatic hydroxyl groups is 12. The molecule has 0 bridgehead atoms. The molecule has 44 nitrogen and oxygen atoms in total. The SMILES string of the molecule is CCCC.CCCC[NH+](CCCC)CCCC.Nc1ncnc2c1ncn2[C@@H]1O[C@H](COP(=O)([O-])CP(=O)([O-])OP([O-])(=S)O[C@@H]2OC(CO)C(O)C(O)C2O)C(O)[C@@H]1O.Nc1ncnc2c1ncn2[C@@H]1O[C@H](COP(=O)([O-])CP(=O)([O-])[O-])C(O)[C@@H]1O.[O-]P([O-])(=S)O[C@@H]1OC(CO)C(O)C(O)C1O. The van der Waals surface area contributed by atoms with Gasteiger partial charge in [0.2, 0.25) is 0 Å². The number of nitrogens with two attached hydrogens (primary N) is 2. The van der Waals surface area contributed by atoms with E-state index < -0.39 is 193 Å². The van der Waals surface area contributed by atoms with E-state index in [0.717, 1.165) is 12.7 Å². The normalized spacial score (nSPS) is 30.6. The molecule has 590 valence electrons. The lowest BCUT2D eigenvalue weighted by atomic mass is 10.00. The number of imidazole rings is 2. The number of nitrogen functional groups attached to an aromatic ring is 2. The number of anilines is 2. The van der Waals surface area contributed by atoms with Crippen molar-refractivity contribution in [1.82, 2.24) is 39.0 Å². The monoisotopic (exact) mass is 1620 g/mol. The van der Waals surface area contributed by atoms with E-state index in [1.54, 1.807) is 0 Å². The number of rotatable bonds is 30. The maximum atomic E-state index is 12.5. The summed E-state index contributed by atoms with van der Waals surface area (Å²) in [6.45, 7) is 2.28. The minimum atomic E-state index is -5.68. The van der Waals surface area contributed by atoms with Gasteiger partial charge in [0.25, 0.3) is 0 Å². The lowest BCUT2D eigenvalue weighted by molar-refractivity contribution is -0.900. The van der Waals surface area contributed by atoms with Crippen LogP contribution in [0.4, 0.5) is 11.6 Å². The third-order valence-corrected chi connectivity index (χ3v) is 25.6. The number of hydrogen-bond donors (Lipinski definition) is 15. The molecule has 14 unspecified atom stereocenters. The maximum Gasteiger partial charge on any atom is 0.192 e. The predicted octanol–water partition coefficient (Wildman–Crippen LogP) is -9.18. The highest BCUT2D eigenvalue weighted by molar-refractivity contribution is 8.08. The van der Waals surface area contributed by atoms with Crippen LogP contribution >= 0.6 is 43.8 Å². The van der Waals surface area contributed by atoms with Crippen LogP contribution in [0.3, 0.4) is 0 Å². The topological polar surface area (TPSA) is 722 Å². The Morgan fingerprint density at radius 2 is 0.843 bits per heavy atom. The molecule has 52 heteroatoms. The summed E-state index contributed by atoms with van der Waals surface area (Å²) in [6, 6.07) is 0. The summed E-state index contributed by atoms with van der Waals surface area (Å²) in [5.74, 6) is -3.52. The van der Waals surface area contributed by atoms with E-state index in [-0.39, 0.29) is 34.0 Å². The van der Waals surface area contributed by atoms with Crippen molar-refractivity contribution in [2.24, 2.45) is 0 Å². The van der Waals surface area contributed by atoms with Crippen molar-refractivity contribution in [3.8, 4) is 0 Å². The fourth-order valence-electron chi connectivity index (χ4n) is 9.60. The van der Waals surface area contributed by atoms with E-state index in [1.165, 1.54) is 92.8 Å². The minimum absolute atomic E-state index is 0.0189. The molecule has 4 saturated heterocycles. The van der Waals surface area contributed by atoms with E-state index in [0.29, 0.717) is 0 Å². The summed E-state index contributed by atoms with van der Waals surface area (Å²) in [7, 11) is -21.4. The zero-order chi connectivity index (χ0) is 77.0. The highest BCUT2D eigenvalue weighted by Crippen LogP contribution is 2.62. The summed E-state index contributed by atoms with van der Waals surface area (Å²) in [6.07, 6.45) is -13.8. The first-order valence-electron chi connectivity index (χ1n) is 31.4. The molecule has 8 rings (SSSR count). The summed E-state index contributed by atoms with van der Waals surface area (Å²) in [5, 5.41) is 116. The van der Waals surface area contributed by atoms with Crippen LogP contribution in [-0.4, -0.2) is 256 Å². The molecule has 17 N–H and O–H groups in total. The summed E-state index contributed by atoms with van der Waals surface area (Å²) in [4.78, 5) is 116. The number of aromatic nitrogens is 8. The molecule has 0 amide bonds. The summed E-state index contributed by atoms with van der Waals surface area (Å²) < 4.78 is 92.0. The lowest BCUT2D eigenvalue weighted by Gasteiger charge is -2.45. The Balaban J connectivity index is 0.000000313. The van der Waals surface area contributed by atoms with Crippen molar-refractivity contribution >= 4 is 101 Å². The Bertz CT molecular complexity index is 3480. The molecule has 4 aromatic heterocycles. The van der Waals surface area contributed by atoms with E-state index in [9.17, 15) is 114 Å². The van der Waals surface area contributed by atoms with Gasteiger partial charge in [-0.2, -0.15) is 0 Å². The standard InChI is InChI=1S/C17H28N5O16P3S.C12H27N.C11H17N5O9P2.C6H13O8PS.C4H10/c18-14-8-15(20-3-19-14)22(4-21-8)16-12(27)10(25)7(35-16)2-34-39(29,30)5-40(31,32)38-41(33,42)37-17-13(28)11(26)9(24)6(1-23)36-17;1-4-7-10-13(11-8-5-2)12-9-6-3;12-9-6-10(14-2-13-9)16(3-15-6)11-8(18)7(17)5(25-11)1-24-27(22,23)4-26(19,20)21;7-1-2-3(8)4(9)5(10)6(13-2)14-15(11,12)16;1-3-4-2/h3-4,6-7,9-13,16-17,23-28H,1-2,5H2,(H,29,30)(H,31,32)(H,33,42)(H2,18,19,20);4-12H2,1-3H3;2-3,5,7-8,11,17-18H,1,4H2,(H,22,23)(H2,12,13,14)(H2,19,20,21);2-10H,1H2,(H2,11,12,16);3-4H2,1-2H3/p-7/t6?,7-,9?,10?,11?,12+,13?,16-,17+,41?;;5-,7?,8+,11-;2?,3?,4?,5?,6-;/m1.10./s1. The van der Waals surface area contributed by atoms with Crippen LogP contribution in [0.25, 0.3) is 22.3 Å². The van der Waals surface area contributed by atoms with Gasteiger partial charge in [-0.3, -0.25) is 13.4 Å². The number of ether oxygens (including phenoxy) is 4. The molecule has 22 atom stereocenters. The molecule has 4 aliphatic rings. The number of aliphatic hydroxyl groups excluding tert-OH is 12. The molecule has 0 radical (unpaired) electrons. The van der Waals surface area contributed by atoms with E-state index in [4.69, 9.17) is 35.5 Å². The third-order valence-electron chi connectivity index (χ3n) is 15.1. The van der Waals surface area contributed by atoms with E-state index in [2.05, 4.69) is 111 Å². The summed E-state index contributed by atoms with van der Waals surface area (Å²) in [5.41, 5.74) is 12.1. The Kier molecular flexibility index (Phi) is 37.5. The first-order chi connectivity index (χ1) is 47.5. The molecule has 0 aliphatic carbocycles. The fraction of sp³-hybridized carbons (Fsp3) is 0.800. The fourth-order valence-corrected chi connectivity index (χ4v) is 18.7. The Labute approximate surface area is 594 Å². The number of nitrogens with zero attached hydrogens (tertiary/aromatic N) is 8. The minimum Gasteiger partial charge on any atom is -0.812 e. The molecule has 4 aromatic rings. The zero-order valence-corrected chi connectivity index (χ0v) is 62.4. The Morgan fingerprint density at radius 3 is 1.19 bits per heavy atom. The van der Waals surface area contributed by atoms with Gasteiger partial charge in [0, 0.05) is 5.90 Å². The van der Waals surface area contributed by atoms with Crippen LogP contribution < -0.4 is 55.5 Å². The quantitative estimate of drug-likeness (QED) is 0.0216. The van der Waals surface area contributed by atoms with E-state index >= 15 is 0 Å². The van der Waals surface area contributed by atoms with Gasteiger partial charge in [0.05, 0.1) is 64.6 Å². The van der Waals surface area contributed by atoms with Crippen molar-refractivity contribution in [2.45, 2.75) is 196 Å². The van der Waals surface area contributed by atoms with E-state index in [1.807, 2.05) is 4.90 Å². The Morgan fingerprint density at radius 1 is 0.480 bits per heavy atom. The zero-order valence-electron chi connectivity index (χ0n) is 55.4. The molecule has 0 aromatic carbocycles. The second-order valence-corrected chi connectivity index (χ2v) is 36.4. The predicted molar refractivity (Wildman–Crippen MR) is 344 cm³/mol. The average Bonchev–Trinajstić information content (AvgIpc) is 1.60. The van der Waals surface area contributed by atoms with Gasteiger partial charge in [-0.25, -0.2) is 29.9 Å². The third kappa shape index (κ3) is 28.0. The molecule has 4 aliphatic heterocycles. The van der Waals surface area contributed by atoms with Gasteiger partial charge in [-0.15, -0.1) is 11.8 Å². The maximum absolute atomic E-state index is 12.5. The van der Waals surface area contributed by atoms with Crippen LogP contribution in [0.2, 0.25) is 0 Å². The highest BCUT2D eigenvalue weighted by atomic mass is 32.5. The van der Waals surface area contributed by atoms with Crippen molar-refractivity contribution in [3.63, 3.8) is 0 Å². The molecule has 8 heterocycles. The first kappa shape index (κ1) is 92.1. The van der Waals surface area contributed by atoms with Gasteiger partial charge >= 0.3 is 0 Å². The number of hydrogen-bond acceptors (Lipinski definition) is 43. The van der Waals surface area contributed by atoms with Crippen LogP contribution in [0.1, 0.15) is 98.4 Å². The van der Waals surface area contributed by atoms with Crippen LogP contribution in [-0.2, 0) is 83.2 Å². The smallest absolute Gasteiger partial charge is 0.192 e. The van der Waals surface area contributed by atoms with Crippen LogP contribution in [0, 0.1) is 0 Å². The molecule has 0 spiro atoms. The Hall–Kier alpha value is -2.28. The average molecular weight is 1620 g/mol. The van der Waals surface area contributed by atoms with Crippen molar-refractivity contribution in [2.75, 3.05) is 69.3 Å². The van der Waals surface area contributed by atoms with Gasteiger partial charge in [0.15, 0.2) is 48.0 Å². The van der Waals surface area contributed by atoms with Crippen LogP contribution in [0.15, 0.2) is 25.3 Å². The highest BCUT2D eigenvalue weighted by Gasteiger charge is 2.49. The molecule has 102 heavy (non-hydrogen) atoms. The second kappa shape index (κ2) is 41.5. The first-order valence-corrected chi connectivity index (χ1v) is 43.4. The molecular weight excluding hydrogens is 1530 g/mol. The number of unbranched alkanes of at least 4 members (excludes halogenated alkanes) is 4. The largest absolute Gasteiger partial charge is 0.812 e. The number of nitrogens with one attached hydrogen (secondary N) is 1. The van der Waals surface area contributed by atoms with Crippen molar-refractivity contribution < 1.29 is 165 Å². The van der Waals surface area contributed by atoms with Crippen molar-refractivity contribution in [1.29, 1.82) is 0 Å². The number of fused-ring (bicyclic) bond motifs is 2. The lowest BCUT2D eigenvalue weighted by Crippen LogP contribution is -3.12. The van der Waals surface area contributed by atoms with Gasteiger partial charge < -0.3 is 172 Å². The second-order valence-electron chi connectivity index (χ2n) is 23.2. The molecular formula is C50H88N11O33P6S2-7. The molecule has 4 fully saturated rings.